The fourth-order valence-corrected chi connectivity index (χ4v) is 2.99. The van der Waals surface area contributed by atoms with Gasteiger partial charge in [0.25, 0.3) is 0 Å². The summed E-state index contributed by atoms with van der Waals surface area (Å²) in [5, 5.41) is 6.36. The van der Waals surface area contributed by atoms with Gasteiger partial charge in [0.05, 0.1) is 6.10 Å². The Labute approximate surface area is 119 Å². The summed E-state index contributed by atoms with van der Waals surface area (Å²) < 4.78 is 5.56. The summed E-state index contributed by atoms with van der Waals surface area (Å²) in [6.45, 7) is 1.59. The number of carbonyl (C=O) groups excluding carboxylic acids is 1. The molecular weight excluding hydrogens is 252 g/mol. The van der Waals surface area contributed by atoms with Gasteiger partial charge in [-0.05, 0) is 43.7 Å². The first-order valence-electron chi connectivity index (χ1n) is 7.57. The van der Waals surface area contributed by atoms with Crippen molar-refractivity contribution < 1.29 is 9.53 Å². The second-order valence-electron chi connectivity index (χ2n) is 5.61. The van der Waals surface area contributed by atoms with Crippen LogP contribution in [0.5, 0.6) is 0 Å². The SMILES string of the molecule is O=C(NCCC1CCCO1)C1CCc2ccccc2N1. The third kappa shape index (κ3) is 3.12. The van der Waals surface area contributed by atoms with Crippen LogP contribution in [0.2, 0.25) is 0 Å². The third-order valence-corrected chi connectivity index (χ3v) is 4.16. The molecule has 4 heteroatoms. The van der Waals surface area contributed by atoms with Crippen molar-refractivity contribution in [3.05, 3.63) is 29.8 Å². The molecule has 0 aliphatic carbocycles. The summed E-state index contributed by atoms with van der Waals surface area (Å²) in [5.74, 6) is 0.109. The smallest absolute Gasteiger partial charge is 0.242 e. The molecule has 20 heavy (non-hydrogen) atoms. The fraction of sp³-hybridized carbons (Fsp3) is 0.562. The van der Waals surface area contributed by atoms with E-state index < -0.39 is 0 Å². The maximum absolute atomic E-state index is 12.2. The minimum Gasteiger partial charge on any atom is -0.378 e. The molecule has 2 unspecified atom stereocenters. The lowest BCUT2D eigenvalue weighted by Gasteiger charge is -2.26. The van der Waals surface area contributed by atoms with Crippen molar-refractivity contribution >= 4 is 11.6 Å². The van der Waals surface area contributed by atoms with Crippen LogP contribution in [-0.2, 0) is 16.0 Å². The maximum Gasteiger partial charge on any atom is 0.242 e. The van der Waals surface area contributed by atoms with Gasteiger partial charge in [-0.3, -0.25) is 4.79 Å². The van der Waals surface area contributed by atoms with E-state index in [0.717, 1.165) is 44.4 Å². The molecule has 3 rings (SSSR count). The number of ether oxygens (including phenoxy) is 1. The average Bonchev–Trinajstić information content (AvgIpc) is 3.00. The highest BCUT2D eigenvalue weighted by molar-refractivity contribution is 5.85. The number of rotatable bonds is 4. The molecule has 2 aliphatic heterocycles. The van der Waals surface area contributed by atoms with E-state index >= 15 is 0 Å². The van der Waals surface area contributed by atoms with E-state index in [0.29, 0.717) is 12.6 Å². The Morgan fingerprint density at radius 3 is 3.10 bits per heavy atom. The van der Waals surface area contributed by atoms with Gasteiger partial charge in [-0.25, -0.2) is 0 Å². The first kappa shape index (κ1) is 13.4. The lowest BCUT2D eigenvalue weighted by atomic mass is 9.97. The molecular formula is C16H22N2O2. The summed E-state index contributed by atoms with van der Waals surface area (Å²) >= 11 is 0. The molecule has 0 aromatic heterocycles. The van der Waals surface area contributed by atoms with Gasteiger partial charge in [-0.15, -0.1) is 0 Å². The molecule has 4 nitrogen and oxygen atoms in total. The van der Waals surface area contributed by atoms with E-state index in [1.807, 2.05) is 18.2 Å². The quantitative estimate of drug-likeness (QED) is 0.884. The molecule has 2 aliphatic rings. The van der Waals surface area contributed by atoms with E-state index in [2.05, 4.69) is 16.7 Å². The summed E-state index contributed by atoms with van der Waals surface area (Å²) in [4.78, 5) is 12.2. The van der Waals surface area contributed by atoms with Crippen molar-refractivity contribution in [1.29, 1.82) is 0 Å². The van der Waals surface area contributed by atoms with Gasteiger partial charge in [-0.1, -0.05) is 18.2 Å². The number of para-hydroxylation sites is 1. The predicted molar refractivity (Wildman–Crippen MR) is 78.8 cm³/mol. The van der Waals surface area contributed by atoms with Crippen molar-refractivity contribution in [3.63, 3.8) is 0 Å². The third-order valence-electron chi connectivity index (χ3n) is 4.16. The largest absolute Gasteiger partial charge is 0.378 e. The van der Waals surface area contributed by atoms with E-state index in [4.69, 9.17) is 4.74 Å². The van der Waals surface area contributed by atoms with Gasteiger partial charge >= 0.3 is 0 Å². The Kier molecular flexibility index (Phi) is 4.21. The van der Waals surface area contributed by atoms with Gasteiger partial charge in [0.1, 0.15) is 6.04 Å². The number of amides is 1. The Balaban J connectivity index is 1.46. The zero-order valence-corrected chi connectivity index (χ0v) is 11.7. The molecule has 2 heterocycles. The number of fused-ring (bicyclic) bond motifs is 1. The van der Waals surface area contributed by atoms with Gasteiger partial charge in [0, 0.05) is 18.8 Å². The normalized spacial score (nSPS) is 24.8. The van der Waals surface area contributed by atoms with E-state index in [1.165, 1.54) is 5.56 Å². The monoisotopic (exact) mass is 274 g/mol. The highest BCUT2D eigenvalue weighted by atomic mass is 16.5. The summed E-state index contributed by atoms with van der Waals surface area (Å²) in [6, 6.07) is 8.11. The van der Waals surface area contributed by atoms with Crippen molar-refractivity contribution in [1.82, 2.24) is 5.32 Å². The predicted octanol–water partition coefficient (Wildman–Crippen LogP) is 2.10. The number of aryl methyl sites for hydroxylation is 1. The second-order valence-corrected chi connectivity index (χ2v) is 5.61. The molecule has 1 amide bonds. The van der Waals surface area contributed by atoms with Gasteiger partial charge < -0.3 is 15.4 Å². The second kappa shape index (κ2) is 6.27. The molecule has 0 bridgehead atoms. The highest BCUT2D eigenvalue weighted by Gasteiger charge is 2.23. The summed E-state index contributed by atoms with van der Waals surface area (Å²) in [6.07, 6.45) is 5.38. The molecule has 0 spiro atoms. The molecule has 108 valence electrons. The minimum atomic E-state index is -0.102. The number of anilines is 1. The minimum absolute atomic E-state index is 0.102. The van der Waals surface area contributed by atoms with Crippen LogP contribution >= 0.6 is 0 Å². The lowest BCUT2D eigenvalue weighted by molar-refractivity contribution is -0.122. The molecule has 2 atom stereocenters. The topological polar surface area (TPSA) is 50.4 Å². The summed E-state index contributed by atoms with van der Waals surface area (Å²) in [7, 11) is 0. The number of nitrogens with one attached hydrogen (secondary N) is 2. The molecule has 0 radical (unpaired) electrons. The number of carbonyl (C=O) groups is 1. The zero-order valence-electron chi connectivity index (χ0n) is 11.7. The van der Waals surface area contributed by atoms with Crippen LogP contribution in [-0.4, -0.2) is 31.2 Å². The van der Waals surface area contributed by atoms with E-state index in [9.17, 15) is 4.79 Å². The van der Waals surface area contributed by atoms with Crippen LogP contribution in [0.4, 0.5) is 5.69 Å². The van der Waals surface area contributed by atoms with Crippen molar-refractivity contribution in [3.8, 4) is 0 Å². The first-order valence-corrected chi connectivity index (χ1v) is 7.57. The van der Waals surface area contributed by atoms with E-state index in [-0.39, 0.29) is 11.9 Å². The number of benzene rings is 1. The Bertz CT molecular complexity index is 469. The van der Waals surface area contributed by atoms with Crippen LogP contribution in [0.3, 0.4) is 0 Å². The van der Waals surface area contributed by atoms with Crippen LogP contribution in [0.25, 0.3) is 0 Å². The van der Waals surface area contributed by atoms with Crippen LogP contribution < -0.4 is 10.6 Å². The van der Waals surface area contributed by atoms with Crippen LogP contribution in [0.15, 0.2) is 24.3 Å². The standard InChI is InChI=1S/C16H22N2O2/c19-16(17-10-9-13-5-3-11-20-13)15-8-7-12-4-1-2-6-14(12)18-15/h1-2,4,6,13,15,18H,3,5,7-11H2,(H,17,19). The molecule has 1 fully saturated rings. The zero-order chi connectivity index (χ0) is 13.8. The van der Waals surface area contributed by atoms with E-state index in [1.54, 1.807) is 0 Å². The molecule has 1 aromatic rings. The average molecular weight is 274 g/mol. The molecule has 1 saturated heterocycles. The van der Waals surface area contributed by atoms with Gasteiger partial charge in [0.15, 0.2) is 0 Å². The fourth-order valence-electron chi connectivity index (χ4n) is 2.99. The number of hydrogen-bond acceptors (Lipinski definition) is 3. The highest BCUT2D eigenvalue weighted by Crippen LogP contribution is 2.24. The Morgan fingerprint density at radius 2 is 2.25 bits per heavy atom. The van der Waals surface area contributed by atoms with Crippen molar-refractivity contribution in [2.75, 3.05) is 18.5 Å². The van der Waals surface area contributed by atoms with Crippen molar-refractivity contribution in [2.45, 2.75) is 44.2 Å². The molecule has 2 N–H and O–H groups in total. The number of hydrogen-bond donors (Lipinski definition) is 2. The Morgan fingerprint density at radius 1 is 1.35 bits per heavy atom. The van der Waals surface area contributed by atoms with Gasteiger partial charge in [0.2, 0.25) is 5.91 Å². The molecule has 0 saturated carbocycles. The maximum atomic E-state index is 12.2. The van der Waals surface area contributed by atoms with Gasteiger partial charge in [-0.2, -0.15) is 0 Å². The molecule has 1 aromatic carbocycles. The van der Waals surface area contributed by atoms with Crippen LogP contribution in [0.1, 0.15) is 31.2 Å². The first-order chi connectivity index (χ1) is 9.83. The lowest BCUT2D eigenvalue weighted by Crippen LogP contribution is -2.42. The van der Waals surface area contributed by atoms with Crippen molar-refractivity contribution in [2.24, 2.45) is 0 Å². The van der Waals surface area contributed by atoms with Crippen LogP contribution in [0, 0.1) is 0 Å². The summed E-state index contributed by atoms with van der Waals surface area (Å²) in [5.41, 5.74) is 2.40. The Hall–Kier alpha value is -1.55.